The van der Waals surface area contributed by atoms with E-state index in [1.165, 1.54) is 18.0 Å². The Morgan fingerprint density at radius 3 is 2.20 bits per heavy atom. The number of carbonyl (C=O) groups is 5. The fourth-order valence-electron chi connectivity index (χ4n) is 7.14. The van der Waals surface area contributed by atoms with Crippen LogP contribution in [0, 0.1) is 23.2 Å². The summed E-state index contributed by atoms with van der Waals surface area (Å²) < 4.78 is 64.7. The van der Waals surface area contributed by atoms with Gasteiger partial charge in [-0.15, -0.1) is 6.58 Å². The number of Topliss-reactive ketones (excluding diaryl/α,β-unsaturated/α-hetero) is 1. The highest BCUT2D eigenvalue weighted by Gasteiger charge is 2.69. The number of ketones is 1. The van der Waals surface area contributed by atoms with E-state index in [4.69, 9.17) is 0 Å². The average Bonchev–Trinajstić information content (AvgIpc) is 3.33. The Bertz CT molecular complexity index is 1450. The lowest BCUT2D eigenvalue weighted by Crippen LogP contribution is -2.61. The number of likely N-dealkylation sites (N-methyl/N-ethyl adjacent to an activating group) is 1. The highest BCUT2D eigenvalue weighted by Crippen LogP contribution is 2.65. The molecule has 0 spiro atoms. The van der Waals surface area contributed by atoms with Gasteiger partial charge in [0.2, 0.25) is 27.6 Å². The predicted molar refractivity (Wildman–Crippen MR) is 180 cm³/mol. The highest BCUT2D eigenvalue weighted by atomic mass is 32.2. The maximum atomic E-state index is 14.4. The summed E-state index contributed by atoms with van der Waals surface area (Å²) in [7, 11) is -2.21. The van der Waals surface area contributed by atoms with E-state index in [1.807, 2.05) is 13.8 Å². The first-order chi connectivity index (χ1) is 23.1. The number of alkyl halides is 3. The van der Waals surface area contributed by atoms with E-state index in [9.17, 15) is 45.6 Å². The zero-order valence-corrected chi connectivity index (χ0v) is 30.2. The minimum absolute atomic E-state index is 0.101. The molecule has 3 fully saturated rings. The van der Waals surface area contributed by atoms with Gasteiger partial charge < -0.3 is 26.2 Å². The molecule has 2 saturated carbocycles. The lowest BCUT2D eigenvalue weighted by atomic mass is 9.83. The SMILES string of the molecule is C=CCNC(=O)C(=O)C(CCC(F)(F)F)NC(=O)[C@@H]1[C@@H]2[C@H](CN1C(=O)[C@@H](NC(=O)N[C@H](CN(C)S(C)(=O)=O)C(=C)C)C1CCCCC1)C2(C)C. The van der Waals surface area contributed by atoms with E-state index < -0.39 is 88.2 Å². The Morgan fingerprint density at radius 1 is 1.04 bits per heavy atom. The number of rotatable bonds is 16. The zero-order valence-electron chi connectivity index (χ0n) is 29.4. The number of nitrogens with zero attached hydrogens (tertiary/aromatic N) is 2. The summed E-state index contributed by atoms with van der Waals surface area (Å²) in [6.07, 6.45) is -0.855. The van der Waals surface area contributed by atoms with Crippen LogP contribution in [0.4, 0.5) is 18.0 Å². The van der Waals surface area contributed by atoms with Crippen LogP contribution >= 0.6 is 0 Å². The van der Waals surface area contributed by atoms with Crippen molar-refractivity contribution in [3.63, 3.8) is 0 Å². The molecule has 13 nitrogen and oxygen atoms in total. The number of likely N-dealkylation sites (tertiary alicyclic amines) is 1. The molecule has 0 bridgehead atoms. The van der Waals surface area contributed by atoms with Gasteiger partial charge in [-0.25, -0.2) is 17.5 Å². The van der Waals surface area contributed by atoms with Crippen molar-refractivity contribution in [1.29, 1.82) is 0 Å². The van der Waals surface area contributed by atoms with Gasteiger partial charge >= 0.3 is 12.2 Å². The van der Waals surface area contributed by atoms with Gasteiger partial charge in [0.05, 0.1) is 18.3 Å². The van der Waals surface area contributed by atoms with Crippen LogP contribution in [0.5, 0.6) is 0 Å². The number of nitrogens with one attached hydrogen (secondary N) is 4. The van der Waals surface area contributed by atoms with Gasteiger partial charge in [-0.3, -0.25) is 19.2 Å². The van der Waals surface area contributed by atoms with Crippen LogP contribution in [0.1, 0.15) is 65.7 Å². The Hall–Kier alpha value is -3.47. The average molecular weight is 733 g/mol. The molecule has 0 aromatic heterocycles. The Morgan fingerprint density at radius 2 is 1.66 bits per heavy atom. The van der Waals surface area contributed by atoms with Crippen molar-refractivity contribution in [2.24, 2.45) is 23.2 Å². The molecule has 282 valence electrons. The third-order valence-corrected chi connectivity index (χ3v) is 11.6. The minimum atomic E-state index is -4.66. The summed E-state index contributed by atoms with van der Waals surface area (Å²) >= 11 is 0. The molecule has 1 saturated heterocycles. The number of halogens is 3. The number of sulfonamides is 1. The third kappa shape index (κ3) is 10.3. The van der Waals surface area contributed by atoms with Gasteiger partial charge in [0, 0.05) is 33.1 Å². The molecule has 0 aromatic carbocycles. The fourth-order valence-corrected chi connectivity index (χ4v) is 7.56. The van der Waals surface area contributed by atoms with Gasteiger partial charge in [0.1, 0.15) is 12.1 Å². The number of hydrogen-bond donors (Lipinski definition) is 4. The molecule has 2 aliphatic carbocycles. The van der Waals surface area contributed by atoms with Crippen LogP contribution in [0.2, 0.25) is 0 Å². The van der Waals surface area contributed by atoms with E-state index in [-0.39, 0.29) is 37.4 Å². The van der Waals surface area contributed by atoms with Crippen molar-refractivity contribution >= 4 is 39.6 Å². The second-order valence-electron chi connectivity index (χ2n) is 14.4. The summed E-state index contributed by atoms with van der Waals surface area (Å²) in [5.74, 6) is -4.61. The van der Waals surface area contributed by atoms with Crippen molar-refractivity contribution < 1.29 is 45.6 Å². The zero-order chi connectivity index (χ0) is 37.8. The Balaban J connectivity index is 1.88. The fraction of sp³-hybridized carbons (Fsp3) is 0.727. The van der Waals surface area contributed by atoms with Gasteiger partial charge in [0.25, 0.3) is 5.91 Å². The van der Waals surface area contributed by atoms with Crippen LogP contribution in [0.15, 0.2) is 24.8 Å². The normalized spacial score (nSPS) is 23.5. The quantitative estimate of drug-likeness (QED) is 0.139. The second-order valence-corrected chi connectivity index (χ2v) is 16.5. The summed E-state index contributed by atoms with van der Waals surface area (Å²) in [6, 6.07) is -5.56. The Kier molecular flexibility index (Phi) is 13.3. The van der Waals surface area contributed by atoms with E-state index in [1.54, 1.807) is 6.92 Å². The van der Waals surface area contributed by atoms with Gasteiger partial charge in [-0.1, -0.05) is 51.3 Å². The minimum Gasteiger partial charge on any atom is -0.346 e. The van der Waals surface area contributed by atoms with E-state index in [2.05, 4.69) is 34.4 Å². The summed E-state index contributed by atoms with van der Waals surface area (Å²) in [6.45, 7) is 12.7. The number of amides is 5. The van der Waals surface area contributed by atoms with Gasteiger partial charge in [0.15, 0.2) is 0 Å². The van der Waals surface area contributed by atoms with Crippen LogP contribution in [-0.4, -0.2) is 110 Å². The number of fused-ring (bicyclic) bond motifs is 1. The maximum absolute atomic E-state index is 14.4. The predicted octanol–water partition coefficient (Wildman–Crippen LogP) is 2.25. The molecule has 3 rings (SSSR count). The van der Waals surface area contributed by atoms with Crippen LogP contribution in [-0.2, 0) is 29.2 Å². The summed E-state index contributed by atoms with van der Waals surface area (Å²) in [5, 5.41) is 10.1. The van der Waals surface area contributed by atoms with Crippen LogP contribution in [0.25, 0.3) is 0 Å². The van der Waals surface area contributed by atoms with Crippen molar-refractivity contribution in [3.8, 4) is 0 Å². The summed E-state index contributed by atoms with van der Waals surface area (Å²) in [4.78, 5) is 68.5. The van der Waals surface area contributed by atoms with Crippen LogP contribution in [0.3, 0.4) is 0 Å². The second kappa shape index (κ2) is 16.3. The third-order valence-electron chi connectivity index (χ3n) is 10.3. The topological polar surface area (TPSA) is 174 Å². The molecule has 1 heterocycles. The van der Waals surface area contributed by atoms with Crippen molar-refractivity contribution in [2.75, 3.05) is 32.9 Å². The summed E-state index contributed by atoms with van der Waals surface area (Å²) in [5.41, 5.74) is 0.0828. The molecular weight excluding hydrogens is 681 g/mol. The molecule has 1 aliphatic heterocycles. The number of hydrogen-bond acceptors (Lipinski definition) is 7. The maximum Gasteiger partial charge on any atom is 0.389 e. The van der Waals surface area contributed by atoms with Gasteiger partial charge in [-0.2, -0.15) is 13.2 Å². The van der Waals surface area contributed by atoms with E-state index >= 15 is 0 Å². The highest BCUT2D eigenvalue weighted by molar-refractivity contribution is 7.88. The molecule has 50 heavy (non-hydrogen) atoms. The lowest BCUT2D eigenvalue weighted by Gasteiger charge is -2.37. The molecule has 5 amide bonds. The monoisotopic (exact) mass is 732 g/mol. The smallest absolute Gasteiger partial charge is 0.346 e. The molecule has 17 heteroatoms. The van der Waals surface area contributed by atoms with E-state index in [0.717, 1.165) is 29.8 Å². The molecule has 1 unspecified atom stereocenters. The van der Waals surface area contributed by atoms with Crippen molar-refractivity contribution in [2.45, 2.75) is 96.1 Å². The Labute approximate surface area is 292 Å². The first-order valence-corrected chi connectivity index (χ1v) is 18.7. The number of carbonyl (C=O) groups excluding carboxylic acids is 5. The van der Waals surface area contributed by atoms with Gasteiger partial charge in [-0.05, 0) is 49.4 Å². The molecule has 4 N–H and O–H groups in total. The number of piperidine rings is 1. The largest absolute Gasteiger partial charge is 0.389 e. The number of urea groups is 1. The molecule has 0 radical (unpaired) electrons. The van der Waals surface area contributed by atoms with Crippen molar-refractivity contribution in [1.82, 2.24) is 30.5 Å². The van der Waals surface area contributed by atoms with E-state index in [0.29, 0.717) is 18.4 Å². The van der Waals surface area contributed by atoms with Crippen LogP contribution < -0.4 is 21.3 Å². The molecule has 0 aromatic rings. The molecule has 6 atom stereocenters. The first-order valence-electron chi connectivity index (χ1n) is 16.8. The molecular formula is C33H51F3N6O7S. The van der Waals surface area contributed by atoms with Crippen molar-refractivity contribution in [3.05, 3.63) is 24.8 Å². The first kappa shape index (κ1) is 41.0. The molecule has 3 aliphatic rings. The standard InChI is InChI=1S/C33H51F3N6O7S/c1-8-16-37-29(45)27(43)22(14-15-33(34,35)36)38-28(44)26-24-21(32(24,4)5)17-42(26)30(46)25(20-12-10-9-11-13-20)40-31(47)39-23(19(2)3)18-41(6)50(7,48)49/h8,20-26H,1-2,9-18H2,3-7H3,(H,37,45)(H,38,44)(H2,39,40,47)/t21-,22?,23+,24-,25-,26-/m0/s1. The lowest BCUT2D eigenvalue weighted by molar-refractivity contribution is -0.147.